The van der Waals surface area contributed by atoms with Gasteiger partial charge in [-0.15, -0.1) is 10.2 Å². The molecule has 0 unspecified atom stereocenters. The highest BCUT2D eigenvalue weighted by atomic mass is 79.9. The van der Waals surface area contributed by atoms with Gasteiger partial charge in [-0.1, -0.05) is 0 Å². The van der Waals surface area contributed by atoms with Gasteiger partial charge in [-0.2, -0.15) is 0 Å². The first-order valence-electron chi connectivity index (χ1n) is 4.50. The molecule has 0 aliphatic rings. The van der Waals surface area contributed by atoms with Crippen molar-refractivity contribution in [3.8, 4) is 17.0 Å². The highest BCUT2D eigenvalue weighted by molar-refractivity contribution is 9.10. The van der Waals surface area contributed by atoms with Gasteiger partial charge in [0.25, 0.3) is 0 Å². The zero-order chi connectivity index (χ0) is 11.5. The van der Waals surface area contributed by atoms with Gasteiger partial charge in [-0.05, 0) is 28.1 Å². The van der Waals surface area contributed by atoms with Crippen LogP contribution in [0.15, 0.2) is 29.0 Å². The number of hydrogen-bond donors (Lipinski definition) is 1. The van der Waals surface area contributed by atoms with Crippen molar-refractivity contribution in [2.24, 2.45) is 0 Å². The fourth-order valence-corrected chi connectivity index (χ4v) is 1.58. The highest BCUT2D eigenvalue weighted by Crippen LogP contribution is 2.26. The van der Waals surface area contributed by atoms with E-state index >= 15 is 0 Å². The summed E-state index contributed by atoms with van der Waals surface area (Å²) in [5.41, 5.74) is 7.40. The van der Waals surface area contributed by atoms with Crippen LogP contribution in [0.2, 0.25) is 0 Å². The van der Waals surface area contributed by atoms with Crippen LogP contribution in [0.3, 0.4) is 0 Å². The van der Waals surface area contributed by atoms with E-state index in [1.807, 2.05) is 6.07 Å². The van der Waals surface area contributed by atoms with Crippen molar-refractivity contribution in [1.29, 1.82) is 0 Å². The lowest BCUT2D eigenvalue weighted by molar-refractivity contribution is 0.398. The summed E-state index contributed by atoms with van der Waals surface area (Å²) in [5, 5.41) is 7.61. The Labute approximate surface area is 101 Å². The van der Waals surface area contributed by atoms with Crippen LogP contribution in [0.5, 0.6) is 5.88 Å². The Morgan fingerprint density at radius 3 is 2.75 bits per heavy atom. The maximum atomic E-state index is 5.74. The molecule has 0 fully saturated rings. The van der Waals surface area contributed by atoms with E-state index in [-0.39, 0.29) is 0 Å². The summed E-state index contributed by atoms with van der Waals surface area (Å²) in [6.45, 7) is 0. The van der Waals surface area contributed by atoms with Gasteiger partial charge in [-0.3, -0.25) is 0 Å². The number of methoxy groups -OCH3 is 1. The fourth-order valence-electron chi connectivity index (χ4n) is 1.27. The predicted molar refractivity (Wildman–Crippen MR) is 63.9 cm³/mol. The van der Waals surface area contributed by atoms with Crippen molar-refractivity contribution in [2.75, 3.05) is 12.8 Å². The van der Waals surface area contributed by atoms with Crippen LogP contribution in [0.25, 0.3) is 11.1 Å². The van der Waals surface area contributed by atoms with Gasteiger partial charge >= 0.3 is 0 Å². The molecule has 82 valence electrons. The van der Waals surface area contributed by atoms with Crippen LogP contribution in [-0.2, 0) is 0 Å². The Balaban J connectivity index is 2.45. The van der Waals surface area contributed by atoms with Crippen molar-refractivity contribution in [1.82, 2.24) is 15.2 Å². The lowest BCUT2D eigenvalue weighted by Crippen LogP contribution is -1.97. The lowest BCUT2D eigenvalue weighted by atomic mass is 10.1. The molecule has 2 rings (SSSR count). The molecular weight excluding hydrogens is 272 g/mol. The second kappa shape index (κ2) is 4.44. The van der Waals surface area contributed by atoms with Crippen molar-refractivity contribution in [3.05, 3.63) is 29.0 Å². The fraction of sp³-hybridized carbons (Fsp3) is 0.100. The third-order valence-electron chi connectivity index (χ3n) is 2.05. The molecule has 2 heterocycles. The van der Waals surface area contributed by atoms with Crippen LogP contribution in [0.4, 0.5) is 5.82 Å². The standard InChI is InChI=1S/C10H9BrN4O/c1-16-9-3-2-6(5-13-9)7-4-8(11)14-15-10(7)12/h2-5H,1H3,(H2,12,15). The topological polar surface area (TPSA) is 73.9 Å². The normalized spacial score (nSPS) is 10.1. The number of pyridine rings is 1. The maximum Gasteiger partial charge on any atom is 0.212 e. The quantitative estimate of drug-likeness (QED) is 0.909. The molecule has 16 heavy (non-hydrogen) atoms. The van der Waals surface area contributed by atoms with Gasteiger partial charge in [0.05, 0.1) is 7.11 Å². The first kappa shape index (κ1) is 10.8. The molecule has 6 heteroatoms. The summed E-state index contributed by atoms with van der Waals surface area (Å²) in [6, 6.07) is 5.43. The number of aromatic nitrogens is 3. The molecule has 0 amide bonds. The monoisotopic (exact) mass is 280 g/mol. The Hall–Kier alpha value is -1.69. The van der Waals surface area contributed by atoms with E-state index in [1.165, 1.54) is 0 Å². The van der Waals surface area contributed by atoms with Gasteiger partial charge in [0, 0.05) is 23.4 Å². The average molecular weight is 281 g/mol. The molecule has 0 saturated carbocycles. The molecule has 0 radical (unpaired) electrons. The summed E-state index contributed by atoms with van der Waals surface area (Å²) >= 11 is 3.25. The molecule has 0 aliphatic carbocycles. The van der Waals surface area contributed by atoms with Gasteiger partial charge in [0.1, 0.15) is 4.60 Å². The van der Waals surface area contributed by atoms with Gasteiger partial charge in [-0.25, -0.2) is 4.98 Å². The van der Waals surface area contributed by atoms with E-state index in [0.717, 1.165) is 11.1 Å². The molecule has 0 atom stereocenters. The highest BCUT2D eigenvalue weighted by Gasteiger charge is 2.06. The average Bonchev–Trinajstić information content (AvgIpc) is 2.32. The largest absolute Gasteiger partial charge is 0.481 e. The van der Waals surface area contributed by atoms with Crippen LogP contribution in [0.1, 0.15) is 0 Å². The summed E-state index contributed by atoms with van der Waals surface area (Å²) < 4.78 is 5.61. The SMILES string of the molecule is COc1ccc(-c2cc(Br)nnc2N)cn1. The third kappa shape index (κ3) is 2.11. The molecule has 2 N–H and O–H groups in total. The second-order valence-electron chi connectivity index (χ2n) is 3.06. The summed E-state index contributed by atoms with van der Waals surface area (Å²) in [4.78, 5) is 4.10. The predicted octanol–water partition coefficient (Wildman–Crippen LogP) is 1.89. The van der Waals surface area contributed by atoms with Gasteiger partial charge < -0.3 is 10.5 Å². The van der Waals surface area contributed by atoms with Crippen molar-refractivity contribution < 1.29 is 4.74 Å². The molecule has 0 aliphatic heterocycles. The van der Waals surface area contributed by atoms with Gasteiger partial charge in [0.15, 0.2) is 5.82 Å². The van der Waals surface area contributed by atoms with E-state index in [0.29, 0.717) is 16.3 Å². The number of ether oxygens (including phenoxy) is 1. The van der Waals surface area contributed by atoms with Gasteiger partial charge in [0.2, 0.25) is 5.88 Å². The number of nitrogens with two attached hydrogens (primary N) is 1. The number of anilines is 1. The number of nitrogens with zero attached hydrogens (tertiary/aromatic N) is 3. The van der Waals surface area contributed by atoms with E-state index in [1.54, 1.807) is 25.4 Å². The number of rotatable bonds is 2. The van der Waals surface area contributed by atoms with Crippen LogP contribution in [-0.4, -0.2) is 22.3 Å². The zero-order valence-electron chi connectivity index (χ0n) is 8.51. The lowest BCUT2D eigenvalue weighted by Gasteiger charge is -2.05. The molecular formula is C10H9BrN4O. The summed E-state index contributed by atoms with van der Waals surface area (Å²) in [5.74, 6) is 0.929. The van der Waals surface area contributed by atoms with Crippen LogP contribution >= 0.6 is 15.9 Å². The Kier molecular flexibility index (Phi) is 3.00. The maximum absolute atomic E-state index is 5.74. The summed E-state index contributed by atoms with van der Waals surface area (Å²) in [6.07, 6.45) is 1.68. The van der Waals surface area contributed by atoms with E-state index < -0.39 is 0 Å². The number of halogens is 1. The molecule has 2 aromatic heterocycles. The minimum absolute atomic E-state index is 0.371. The number of nitrogen functional groups attached to an aromatic ring is 1. The molecule has 0 aromatic carbocycles. The first-order chi connectivity index (χ1) is 7.70. The molecule has 5 nitrogen and oxygen atoms in total. The molecule has 0 bridgehead atoms. The molecule has 0 spiro atoms. The minimum Gasteiger partial charge on any atom is -0.481 e. The minimum atomic E-state index is 0.371. The van der Waals surface area contributed by atoms with E-state index in [2.05, 4.69) is 31.1 Å². The second-order valence-corrected chi connectivity index (χ2v) is 3.87. The van der Waals surface area contributed by atoms with Crippen molar-refractivity contribution in [2.45, 2.75) is 0 Å². The van der Waals surface area contributed by atoms with E-state index in [4.69, 9.17) is 10.5 Å². The van der Waals surface area contributed by atoms with Crippen molar-refractivity contribution in [3.63, 3.8) is 0 Å². The molecule has 2 aromatic rings. The Morgan fingerprint density at radius 1 is 1.31 bits per heavy atom. The van der Waals surface area contributed by atoms with Crippen LogP contribution in [0, 0.1) is 0 Å². The Morgan fingerprint density at radius 2 is 2.12 bits per heavy atom. The third-order valence-corrected chi connectivity index (χ3v) is 2.44. The zero-order valence-corrected chi connectivity index (χ0v) is 10.1. The first-order valence-corrected chi connectivity index (χ1v) is 5.29. The van der Waals surface area contributed by atoms with Crippen molar-refractivity contribution >= 4 is 21.7 Å². The number of hydrogen-bond acceptors (Lipinski definition) is 5. The Bertz CT molecular complexity index is 501. The summed E-state index contributed by atoms with van der Waals surface area (Å²) in [7, 11) is 1.57. The molecule has 0 saturated heterocycles. The van der Waals surface area contributed by atoms with Crippen LogP contribution < -0.4 is 10.5 Å². The van der Waals surface area contributed by atoms with E-state index in [9.17, 15) is 0 Å². The smallest absolute Gasteiger partial charge is 0.212 e.